The average Bonchev–Trinajstić information content (AvgIpc) is 2.20. The van der Waals surface area contributed by atoms with E-state index in [4.69, 9.17) is 10.3 Å². The Morgan fingerprint density at radius 3 is 2.33 bits per heavy atom. The van der Waals surface area contributed by atoms with Crippen LogP contribution < -0.4 is 11.3 Å². The lowest BCUT2D eigenvalue weighted by Crippen LogP contribution is -2.29. The summed E-state index contributed by atoms with van der Waals surface area (Å²) >= 11 is 0. The fourth-order valence-corrected chi connectivity index (χ4v) is 2.16. The second kappa shape index (κ2) is 4.31. The van der Waals surface area contributed by atoms with E-state index >= 15 is 0 Å². The number of aromatic hydroxyl groups is 1. The highest BCUT2D eigenvalue weighted by Gasteiger charge is 2.24. The number of carbonyl (C=O) groups is 1. The van der Waals surface area contributed by atoms with E-state index in [1.54, 1.807) is 0 Å². The molecule has 0 aliphatic carbocycles. The zero-order valence-corrected chi connectivity index (χ0v) is 9.93. The van der Waals surface area contributed by atoms with Crippen LogP contribution in [0.1, 0.15) is 21.5 Å². The van der Waals surface area contributed by atoms with Crippen molar-refractivity contribution in [2.24, 2.45) is 5.73 Å². The Bertz CT molecular complexity index is 674. The van der Waals surface area contributed by atoms with E-state index in [1.807, 2.05) is 0 Å². The van der Waals surface area contributed by atoms with Crippen LogP contribution in [0.15, 0.2) is 4.79 Å². The summed E-state index contributed by atoms with van der Waals surface area (Å²) in [5.41, 5.74) is 2.27. The van der Waals surface area contributed by atoms with Crippen molar-refractivity contribution < 1.29 is 28.1 Å². The van der Waals surface area contributed by atoms with Crippen molar-refractivity contribution in [2.75, 3.05) is 0 Å². The topological polar surface area (TPSA) is 160 Å². The van der Waals surface area contributed by atoms with Gasteiger partial charge in [-0.05, 0) is 12.5 Å². The van der Waals surface area contributed by atoms with Gasteiger partial charge >= 0.3 is 0 Å². The quantitative estimate of drug-likeness (QED) is 0.390. The normalized spacial score (nSPS) is 11.4. The number of amides is 1. The highest BCUT2D eigenvalue weighted by Crippen LogP contribution is 2.21. The zero-order chi connectivity index (χ0) is 14.2. The van der Waals surface area contributed by atoms with Crippen molar-refractivity contribution >= 4 is 16.0 Å². The summed E-state index contributed by atoms with van der Waals surface area (Å²) in [6.07, 6.45) is 0. The number of carbonyl (C=O) groups excluding carboxylic acids is 1. The second-order valence-electron chi connectivity index (χ2n) is 3.51. The van der Waals surface area contributed by atoms with E-state index in [0.717, 1.165) is 6.92 Å². The Morgan fingerprint density at radius 1 is 1.44 bits per heavy atom. The van der Waals surface area contributed by atoms with E-state index in [9.17, 15) is 28.3 Å². The van der Waals surface area contributed by atoms with Gasteiger partial charge in [0.25, 0.3) is 21.6 Å². The molecule has 1 amide bonds. The molecular formula is C8H10N2O7S. The molecule has 0 saturated heterocycles. The summed E-state index contributed by atoms with van der Waals surface area (Å²) in [6.45, 7) is 1.15. The van der Waals surface area contributed by atoms with E-state index in [1.165, 1.54) is 0 Å². The van der Waals surface area contributed by atoms with Crippen molar-refractivity contribution in [2.45, 2.75) is 12.7 Å². The van der Waals surface area contributed by atoms with Crippen LogP contribution in [0.2, 0.25) is 0 Å². The van der Waals surface area contributed by atoms with Gasteiger partial charge in [-0.2, -0.15) is 8.42 Å². The number of hydrogen-bond acceptors (Lipinski definition) is 6. The molecule has 1 rings (SSSR count). The molecule has 0 fully saturated rings. The van der Waals surface area contributed by atoms with Crippen LogP contribution in [0.4, 0.5) is 0 Å². The average molecular weight is 278 g/mol. The highest BCUT2D eigenvalue weighted by atomic mass is 32.2. The summed E-state index contributed by atoms with van der Waals surface area (Å²) in [5.74, 6) is -3.37. The summed E-state index contributed by atoms with van der Waals surface area (Å²) in [6, 6.07) is 0. The minimum absolute atomic E-state index is 0.229. The molecule has 1 heterocycles. The molecule has 100 valence electrons. The summed E-state index contributed by atoms with van der Waals surface area (Å²) in [5, 5.41) is 18.6. The Labute approximate surface area is 101 Å². The Balaban J connectivity index is 3.74. The molecule has 9 nitrogen and oxygen atoms in total. The molecule has 10 heteroatoms. The van der Waals surface area contributed by atoms with Crippen LogP contribution in [0, 0.1) is 6.92 Å². The van der Waals surface area contributed by atoms with Gasteiger partial charge in [0, 0.05) is 5.56 Å². The van der Waals surface area contributed by atoms with Crippen LogP contribution in [0.5, 0.6) is 5.88 Å². The predicted molar refractivity (Wildman–Crippen MR) is 58.1 cm³/mol. The molecule has 0 aromatic carbocycles. The van der Waals surface area contributed by atoms with Gasteiger partial charge in [-0.3, -0.25) is 14.1 Å². The molecule has 0 unspecified atom stereocenters. The van der Waals surface area contributed by atoms with Crippen molar-refractivity contribution in [3.05, 3.63) is 27.0 Å². The number of nitrogens with zero attached hydrogens (tertiary/aromatic N) is 1. The summed E-state index contributed by atoms with van der Waals surface area (Å²) in [4.78, 5) is 22.5. The first kappa shape index (κ1) is 14.0. The molecule has 18 heavy (non-hydrogen) atoms. The summed E-state index contributed by atoms with van der Waals surface area (Å²) < 4.78 is 29.8. The van der Waals surface area contributed by atoms with Gasteiger partial charge in [0.2, 0.25) is 5.88 Å². The first-order valence-corrected chi connectivity index (χ1v) is 6.09. The molecule has 1 aromatic rings. The van der Waals surface area contributed by atoms with Gasteiger partial charge in [-0.15, -0.1) is 4.73 Å². The van der Waals surface area contributed by atoms with Gasteiger partial charge in [0.1, 0.15) is 11.3 Å². The summed E-state index contributed by atoms with van der Waals surface area (Å²) in [7, 11) is -4.55. The molecule has 0 atom stereocenters. The van der Waals surface area contributed by atoms with Crippen LogP contribution in [0.3, 0.4) is 0 Å². The van der Waals surface area contributed by atoms with Gasteiger partial charge in [0.15, 0.2) is 0 Å². The first-order valence-electron chi connectivity index (χ1n) is 4.48. The van der Waals surface area contributed by atoms with Gasteiger partial charge in [0.05, 0.1) is 0 Å². The maximum atomic E-state index is 11.5. The molecule has 0 aliphatic heterocycles. The van der Waals surface area contributed by atoms with Gasteiger partial charge < -0.3 is 16.0 Å². The fraction of sp³-hybridized carbons (Fsp3) is 0.250. The number of pyridine rings is 1. The minimum atomic E-state index is -4.55. The molecule has 5 N–H and O–H groups in total. The molecule has 0 bridgehead atoms. The largest absolute Gasteiger partial charge is 0.492 e. The standard InChI is InChI=1S/C8H10N2O7S/c1-3-4(2-18(15,16)17)7(12)10(14)8(13)5(3)6(9)11/h13-14H,2H2,1H3,(H2,9,11)(H,15,16,17). The zero-order valence-electron chi connectivity index (χ0n) is 9.11. The third kappa shape index (κ3) is 2.43. The number of rotatable bonds is 3. The number of hydrogen-bond donors (Lipinski definition) is 4. The Hall–Kier alpha value is -2.07. The predicted octanol–water partition coefficient (Wildman–Crippen LogP) is -1.41. The first-order chi connectivity index (χ1) is 8.06. The van der Waals surface area contributed by atoms with Gasteiger partial charge in [-0.1, -0.05) is 0 Å². The van der Waals surface area contributed by atoms with Crippen LogP contribution >= 0.6 is 0 Å². The molecule has 0 radical (unpaired) electrons. The maximum absolute atomic E-state index is 11.5. The lowest BCUT2D eigenvalue weighted by molar-refractivity contribution is 0.0978. The lowest BCUT2D eigenvalue weighted by Gasteiger charge is -2.11. The van der Waals surface area contributed by atoms with Gasteiger partial charge in [-0.25, -0.2) is 0 Å². The van der Waals surface area contributed by atoms with Crippen molar-refractivity contribution in [3.8, 4) is 5.88 Å². The SMILES string of the molecule is Cc1c(C(N)=O)c(O)n(O)c(=O)c1CS(=O)(=O)O. The fourth-order valence-electron chi connectivity index (χ4n) is 1.46. The molecular weight excluding hydrogens is 268 g/mol. The molecule has 1 aromatic heterocycles. The monoisotopic (exact) mass is 278 g/mol. The third-order valence-corrected chi connectivity index (χ3v) is 2.93. The van der Waals surface area contributed by atoms with Crippen molar-refractivity contribution in [1.29, 1.82) is 0 Å². The lowest BCUT2D eigenvalue weighted by atomic mass is 10.1. The van der Waals surface area contributed by atoms with Crippen molar-refractivity contribution in [3.63, 3.8) is 0 Å². The Kier molecular flexibility index (Phi) is 3.35. The van der Waals surface area contributed by atoms with E-state index in [-0.39, 0.29) is 10.3 Å². The van der Waals surface area contributed by atoms with Crippen LogP contribution in [0.25, 0.3) is 0 Å². The van der Waals surface area contributed by atoms with E-state index < -0.39 is 44.3 Å². The number of nitrogens with two attached hydrogens (primary N) is 1. The minimum Gasteiger partial charge on any atom is -0.492 e. The Morgan fingerprint density at radius 2 is 1.94 bits per heavy atom. The van der Waals surface area contributed by atoms with E-state index in [0.29, 0.717) is 0 Å². The smallest absolute Gasteiger partial charge is 0.290 e. The van der Waals surface area contributed by atoms with E-state index in [2.05, 4.69) is 0 Å². The molecule has 0 saturated carbocycles. The molecule has 0 aliphatic rings. The van der Waals surface area contributed by atoms with Crippen molar-refractivity contribution in [1.82, 2.24) is 4.73 Å². The number of aromatic nitrogens is 1. The van der Waals surface area contributed by atoms with Crippen LogP contribution in [-0.4, -0.2) is 33.9 Å². The van der Waals surface area contributed by atoms with Crippen LogP contribution in [-0.2, 0) is 15.9 Å². The highest BCUT2D eigenvalue weighted by molar-refractivity contribution is 7.85. The second-order valence-corrected chi connectivity index (χ2v) is 4.96. The number of primary amides is 1. The maximum Gasteiger partial charge on any atom is 0.290 e. The molecule has 0 spiro atoms. The third-order valence-electron chi connectivity index (χ3n) is 2.28.